The molecule has 3 nitrogen and oxygen atoms in total. The van der Waals surface area contributed by atoms with Gasteiger partial charge in [-0.2, -0.15) is 0 Å². The van der Waals surface area contributed by atoms with Crippen LogP contribution >= 0.6 is 11.6 Å². The maximum atomic E-state index is 5.93. The number of fused-ring (bicyclic) bond motifs is 1. The second-order valence-corrected chi connectivity index (χ2v) is 4.32. The number of aromatic amines is 1. The molecule has 2 heterocycles. The molecule has 0 radical (unpaired) electrons. The van der Waals surface area contributed by atoms with Crippen molar-refractivity contribution in [2.45, 2.75) is 6.42 Å². The van der Waals surface area contributed by atoms with Gasteiger partial charge in [-0.3, -0.25) is 4.98 Å². The summed E-state index contributed by atoms with van der Waals surface area (Å²) in [6, 6.07) is 9.61. The van der Waals surface area contributed by atoms with Crippen molar-refractivity contribution in [1.29, 1.82) is 0 Å². The molecule has 0 fully saturated rings. The molecule has 0 aliphatic heterocycles. The van der Waals surface area contributed by atoms with Crippen LogP contribution < -0.4 is 0 Å². The van der Waals surface area contributed by atoms with Crippen molar-refractivity contribution in [2.75, 3.05) is 0 Å². The van der Waals surface area contributed by atoms with Crippen LogP contribution in [0.3, 0.4) is 0 Å². The van der Waals surface area contributed by atoms with E-state index in [1.165, 1.54) is 0 Å². The van der Waals surface area contributed by atoms with Gasteiger partial charge >= 0.3 is 0 Å². The Kier molecular flexibility index (Phi) is 2.53. The Labute approximate surface area is 103 Å². The monoisotopic (exact) mass is 243 g/mol. The molecule has 0 saturated carbocycles. The van der Waals surface area contributed by atoms with Crippen LogP contribution in [-0.2, 0) is 6.42 Å². The van der Waals surface area contributed by atoms with Crippen LogP contribution in [0.25, 0.3) is 11.0 Å². The minimum absolute atomic E-state index is 0.717. The molecule has 0 unspecified atom stereocenters. The highest BCUT2D eigenvalue weighted by molar-refractivity contribution is 6.31. The maximum Gasteiger partial charge on any atom is 0.111 e. The standard InChI is InChI=1S/C13H10ClN3/c14-10-3-4-11-12(7-10)17-13(16-11)6-9-2-1-5-15-8-9/h1-5,7-8H,6H2,(H,16,17). The number of aromatic nitrogens is 3. The summed E-state index contributed by atoms with van der Waals surface area (Å²) in [4.78, 5) is 11.9. The number of halogens is 1. The van der Waals surface area contributed by atoms with Crippen molar-refractivity contribution in [2.24, 2.45) is 0 Å². The highest BCUT2D eigenvalue weighted by Crippen LogP contribution is 2.18. The van der Waals surface area contributed by atoms with Gasteiger partial charge in [-0.25, -0.2) is 4.98 Å². The summed E-state index contributed by atoms with van der Waals surface area (Å²) in [6.45, 7) is 0. The van der Waals surface area contributed by atoms with Crippen molar-refractivity contribution in [3.63, 3.8) is 0 Å². The third-order valence-electron chi connectivity index (χ3n) is 2.59. The summed E-state index contributed by atoms with van der Waals surface area (Å²) in [5.41, 5.74) is 3.04. The number of H-pyrrole nitrogens is 1. The maximum absolute atomic E-state index is 5.93. The highest BCUT2D eigenvalue weighted by atomic mass is 35.5. The molecule has 0 atom stereocenters. The van der Waals surface area contributed by atoms with Gasteiger partial charge in [-0.05, 0) is 29.8 Å². The van der Waals surface area contributed by atoms with Gasteiger partial charge in [-0.1, -0.05) is 17.7 Å². The predicted molar refractivity (Wildman–Crippen MR) is 68.1 cm³/mol. The quantitative estimate of drug-likeness (QED) is 0.751. The number of imidazole rings is 1. The predicted octanol–water partition coefficient (Wildman–Crippen LogP) is 3.20. The molecule has 0 saturated heterocycles. The summed E-state index contributed by atoms with van der Waals surface area (Å²) in [7, 11) is 0. The van der Waals surface area contributed by atoms with Crippen LogP contribution in [0, 0.1) is 0 Å². The first-order chi connectivity index (χ1) is 8.31. The Hall–Kier alpha value is -1.87. The molecule has 1 N–H and O–H groups in total. The van der Waals surface area contributed by atoms with E-state index < -0.39 is 0 Å². The second-order valence-electron chi connectivity index (χ2n) is 3.88. The molecule has 3 rings (SSSR count). The lowest BCUT2D eigenvalue weighted by Crippen LogP contribution is -1.90. The minimum Gasteiger partial charge on any atom is -0.342 e. The Balaban J connectivity index is 1.96. The third-order valence-corrected chi connectivity index (χ3v) is 2.82. The molecule has 3 aromatic rings. The zero-order valence-corrected chi connectivity index (χ0v) is 9.78. The van der Waals surface area contributed by atoms with E-state index in [1.807, 2.05) is 36.5 Å². The number of hydrogen-bond donors (Lipinski definition) is 1. The van der Waals surface area contributed by atoms with Crippen molar-refractivity contribution in [1.82, 2.24) is 15.0 Å². The molecule has 0 aliphatic carbocycles. The van der Waals surface area contributed by atoms with Gasteiger partial charge in [0, 0.05) is 23.8 Å². The Morgan fingerprint density at radius 2 is 2.18 bits per heavy atom. The fourth-order valence-electron chi connectivity index (χ4n) is 1.81. The van der Waals surface area contributed by atoms with E-state index in [0.717, 1.165) is 28.8 Å². The van der Waals surface area contributed by atoms with E-state index in [1.54, 1.807) is 6.20 Å². The topological polar surface area (TPSA) is 41.6 Å². The molecule has 4 heteroatoms. The van der Waals surface area contributed by atoms with Gasteiger partial charge in [0.05, 0.1) is 11.0 Å². The molecule has 0 bridgehead atoms. The molecule has 17 heavy (non-hydrogen) atoms. The molecular weight excluding hydrogens is 234 g/mol. The lowest BCUT2D eigenvalue weighted by molar-refractivity contribution is 1.02. The summed E-state index contributed by atoms with van der Waals surface area (Å²) >= 11 is 5.93. The van der Waals surface area contributed by atoms with E-state index >= 15 is 0 Å². The van der Waals surface area contributed by atoms with Crippen LogP contribution in [0.2, 0.25) is 5.02 Å². The van der Waals surface area contributed by atoms with E-state index in [2.05, 4.69) is 15.0 Å². The fraction of sp³-hybridized carbons (Fsp3) is 0.0769. The highest BCUT2D eigenvalue weighted by Gasteiger charge is 2.04. The van der Waals surface area contributed by atoms with Gasteiger partial charge in [0.15, 0.2) is 0 Å². The average molecular weight is 244 g/mol. The van der Waals surface area contributed by atoms with Crippen LogP contribution in [-0.4, -0.2) is 15.0 Å². The lowest BCUT2D eigenvalue weighted by Gasteiger charge is -1.95. The average Bonchev–Trinajstić information content (AvgIpc) is 2.71. The van der Waals surface area contributed by atoms with Gasteiger partial charge in [0.2, 0.25) is 0 Å². The van der Waals surface area contributed by atoms with Crippen LogP contribution in [0.15, 0.2) is 42.7 Å². The zero-order valence-electron chi connectivity index (χ0n) is 9.02. The molecule has 1 aromatic carbocycles. The van der Waals surface area contributed by atoms with Crippen LogP contribution in [0.1, 0.15) is 11.4 Å². The largest absolute Gasteiger partial charge is 0.342 e. The molecule has 84 valence electrons. The Bertz CT molecular complexity index is 646. The number of pyridine rings is 1. The van der Waals surface area contributed by atoms with E-state index in [4.69, 9.17) is 11.6 Å². The summed E-state index contributed by atoms with van der Waals surface area (Å²) in [5.74, 6) is 0.926. The van der Waals surface area contributed by atoms with Crippen molar-refractivity contribution in [3.8, 4) is 0 Å². The zero-order chi connectivity index (χ0) is 11.7. The van der Waals surface area contributed by atoms with E-state index in [-0.39, 0.29) is 0 Å². The van der Waals surface area contributed by atoms with Crippen LogP contribution in [0.5, 0.6) is 0 Å². The smallest absolute Gasteiger partial charge is 0.111 e. The first-order valence-corrected chi connectivity index (χ1v) is 5.72. The fourth-order valence-corrected chi connectivity index (χ4v) is 1.99. The first kappa shape index (κ1) is 10.3. The first-order valence-electron chi connectivity index (χ1n) is 5.34. The van der Waals surface area contributed by atoms with Gasteiger partial charge in [0.1, 0.15) is 5.82 Å². The van der Waals surface area contributed by atoms with Gasteiger partial charge in [-0.15, -0.1) is 0 Å². The van der Waals surface area contributed by atoms with Crippen molar-refractivity contribution in [3.05, 3.63) is 59.1 Å². The molecular formula is C13H10ClN3. The van der Waals surface area contributed by atoms with Gasteiger partial charge in [0.25, 0.3) is 0 Å². The molecule has 2 aromatic heterocycles. The normalized spacial score (nSPS) is 10.9. The number of benzene rings is 1. The van der Waals surface area contributed by atoms with E-state index in [9.17, 15) is 0 Å². The number of hydrogen-bond acceptors (Lipinski definition) is 2. The lowest BCUT2D eigenvalue weighted by atomic mass is 10.2. The van der Waals surface area contributed by atoms with Gasteiger partial charge < -0.3 is 4.98 Å². The summed E-state index contributed by atoms with van der Waals surface area (Å²) in [6.07, 6.45) is 4.36. The third kappa shape index (κ3) is 2.15. The molecule has 0 amide bonds. The van der Waals surface area contributed by atoms with Crippen LogP contribution in [0.4, 0.5) is 0 Å². The summed E-state index contributed by atoms with van der Waals surface area (Å²) in [5, 5.41) is 0.717. The van der Waals surface area contributed by atoms with E-state index in [0.29, 0.717) is 5.02 Å². The minimum atomic E-state index is 0.717. The number of nitrogens with one attached hydrogen (secondary N) is 1. The molecule has 0 aliphatic rings. The van der Waals surface area contributed by atoms with Crippen molar-refractivity contribution < 1.29 is 0 Å². The van der Waals surface area contributed by atoms with Crippen molar-refractivity contribution >= 4 is 22.6 Å². The Morgan fingerprint density at radius 1 is 1.24 bits per heavy atom. The Morgan fingerprint density at radius 3 is 3.00 bits per heavy atom. The second kappa shape index (κ2) is 4.18. The number of rotatable bonds is 2. The summed E-state index contributed by atoms with van der Waals surface area (Å²) < 4.78 is 0. The SMILES string of the molecule is Clc1ccc2nc(Cc3cccnc3)[nH]c2c1. The molecule has 0 spiro atoms. The number of nitrogens with zero attached hydrogens (tertiary/aromatic N) is 2.